The van der Waals surface area contributed by atoms with E-state index in [1.165, 1.54) is 16.8 Å². The van der Waals surface area contributed by atoms with Crippen molar-refractivity contribution in [3.8, 4) is 5.69 Å². The second-order valence-electron chi connectivity index (χ2n) is 5.19. The molecule has 1 aliphatic carbocycles. The van der Waals surface area contributed by atoms with Gasteiger partial charge in [0.25, 0.3) is 0 Å². The van der Waals surface area contributed by atoms with E-state index in [1.54, 1.807) is 0 Å². The second kappa shape index (κ2) is 5.20. The van der Waals surface area contributed by atoms with Crippen LogP contribution in [0, 0.1) is 0 Å². The molecule has 1 aliphatic rings. The normalized spacial score (nSPS) is 13.7. The number of benzene rings is 1. The first-order valence-electron chi connectivity index (χ1n) is 6.69. The SMILES string of the molecule is O=C(O)c1cc(C(=O)O)cc(-n2nnc(C(=O)O)c2C2CC2)c1. The van der Waals surface area contributed by atoms with Crippen LogP contribution < -0.4 is 0 Å². The lowest BCUT2D eigenvalue weighted by Crippen LogP contribution is -2.09. The molecule has 0 unspecified atom stereocenters. The molecule has 9 nitrogen and oxygen atoms in total. The van der Waals surface area contributed by atoms with Crippen molar-refractivity contribution >= 4 is 17.9 Å². The molecule has 3 N–H and O–H groups in total. The van der Waals surface area contributed by atoms with Gasteiger partial charge in [-0.1, -0.05) is 5.21 Å². The van der Waals surface area contributed by atoms with Crippen LogP contribution in [-0.2, 0) is 0 Å². The van der Waals surface area contributed by atoms with Crippen molar-refractivity contribution in [2.75, 3.05) is 0 Å². The maximum Gasteiger partial charge on any atom is 0.358 e. The fourth-order valence-electron chi connectivity index (χ4n) is 2.34. The lowest BCUT2D eigenvalue weighted by Gasteiger charge is -2.08. The van der Waals surface area contributed by atoms with E-state index in [9.17, 15) is 19.5 Å². The van der Waals surface area contributed by atoms with Crippen LogP contribution in [0.3, 0.4) is 0 Å². The third-order valence-corrected chi connectivity index (χ3v) is 3.53. The van der Waals surface area contributed by atoms with E-state index in [2.05, 4.69) is 10.3 Å². The predicted molar refractivity (Wildman–Crippen MR) is 74.2 cm³/mol. The monoisotopic (exact) mass is 317 g/mol. The Morgan fingerprint density at radius 3 is 1.96 bits per heavy atom. The largest absolute Gasteiger partial charge is 0.478 e. The van der Waals surface area contributed by atoms with Crippen LogP contribution in [0.4, 0.5) is 0 Å². The van der Waals surface area contributed by atoms with Gasteiger partial charge in [0.2, 0.25) is 0 Å². The molecule has 0 spiro atoms. The highest BCUT2D eigenvalue weighted by Crippen LogP contribution is 2.42. The Labute approximate surface area is 128 Å². The Kier molecular flexibility index (Phi) is 3.32. The molecule has 0 aliphatic heterocycles. The summed E-state index contributed by atoms with van der Waals surface area (Å²) in [5.74, 6) is -3.84. The van der Waals surface area contributed by atoms with Gasteiger partial charge in [-0.15, -0.1) is 5.10 Å². The summed E-state index contributed by atoms with van der Waals surface area (Å²) >= 11 is 0. The summed E-state index contributed by atoms with van der Waals surface area (Å²) in [6.45, 7) is 0. The topological polar surface area (TPSA) is 143 Å². The first-order chi connectivity index (χ1) is 10.9. The van der Waals surface area contributed by atoms with Gasteiger partial charge in [0.15, 0.2) is 5.69 Å². The molecule has 0 atom stereocenters. The average Bonchev–Trinajstić information content (AvgIpc) is 3.24. The first kappa shape index (κ1) is 14.7. The van der Waals surface area contributed by atoms with Gasteiger partial charge < -0.3 is 15.3 Å². The number of hydrogen-bond donors (Lipinski definition) is 3. The fraction of sp³-hybridized carbons (Fsp3) is 0.214. The van der Waals surface area contributed by atoms with Crippen molar-refractivity contribution < 1.29 is 29.7 Å². The van der Waals surface area contributed by atoms with Crippen LogP contribution in [-0.4, -0.2) is 48.2 Å². The van der Waals surface area contributed by atoms with Crippen LogP contribution in [0.5, 0.6) is 0 Å². The van der Waals surface area contributed by atoms with Crippen molar-refractivity contribution in [2.24, 2.45) is 0 Å². The molecule has 118 valence electrons. The lowest BCUT2D eigenvalue weighted by atomic mass is 10.1. The highest BCUT2D eigenvalue weighted by Gasteiger charge is 2.34. The fourth-order valence-corrected chi connectivity index (χ4v) is 2.34. The van der Waals surface area contributed by atoms with Crippen molar-refractivity contribution in [1.82, 2.24) is 15.0 Å². The van der Waals surface area contributed by atoms with Crippen LogP contribution in [0.15, 0.2) is 18.2 Å². The van der Waals surface area contributed by atoms with Crippen LogP contribution in [0.2, 0.25) is 0 Å². The zero-order valence-corrected chi connectivity index (χ0v) is 11.6. The number of rotatable bonds is 5. The van der Waals surface area contributed by atoms with E-state index in [4.69, 9.17) is 10.2 Å². The van der Waals surface area contributed by atoms with Gasteiger partial charge in [-0.05, 0) is 31.0 Å². The standard InChI is InChI=1S/C14H11N3O6/c18-12(19)7-3-8(13(20)21)5-9(4-7)17-11(6-1-2-6)10(14(22)23)15-16-17/h3-6H,1-2H2,(H,18,19)(H,20,21)(H,22,23). The van der Waals surface area contributed by atoms with Gasteiger partial charge in [-0.25, -0.2) is 19.1 Å². The van der Waals surface area contributed by atoms with Gasteiger partial charge in [0.05, 0.1) is 22.5 Å². The Balaban J connectivity index is 2.20. The highest BCUT2D eigenvalue weighted by molar-refractivity contribution is 5.95. The number of nitrogens with zero attached hydrogens (tertiary/aromatic N) is 3. The predicted octanol–water partition coefficient (Wildman–Crippen LogP) is 1.24. The Morgan fingerprint density at radius 1 is 0.957 bits per heavy atom. The highest BCUT2D eigenvalue weighted by atomic mass is 16.4. The number of aromatic carboxylic acids is 3. The second-order valence-corrected chi connectivity index (χ2v) is 5.19. The van der Waals surface area contributed by atoms with Crippen LogP contribution in [0.25, 0.3) is 5.69 Å². The van der Waals surface area contributed by atoms with Crippen molar-refractivity contribution in [3.63, 3.8) is 0 Å². The molecular weight excluding hydrogens is 306 g/mol. The summed E-state index contributed by atoms with van der Waals surface area (Å²) in [6, 6.07) is 3.50. The molecule has 3 rings (SSSR count). The van der Waals surface area contributed by atoms with Gasteiger partial charge in [-0.2, -0.15) is 0 Å². The molecule has 0 radical (unpaired) electrons. The van der Waals surface area contributed by atoms with Crippen molar-refractivity contribution in [2.45, 2.75) is 18.8 Å². The number of aromatic nitrogens is 3. The van der Waals surface area contributed by atoms with Crippen LogP contribution >= 0.6 is 0 Å². The molecule has 2 aromatic rings. The summed E-state index contributed by atoms with van der Waals surface area (Å²) in [6.07, 6.45) is 1.55. The minimum atomic E-state index is -1.29. The summed E-state index contributed by atoms with van der Waals surface area (Å²) in [5.41, 5.74) is -0.145. The molecule has 1 aromatic carbocycles. The molecule has 1 heterocycles. The summed E-state index contributed by atoms with van der Waals surface area (Å²) in [4.78, 5) is 33.6. The molecule has 0 bridgehead atoms. The zero-order valence-electron chi connectivity index (χ0n) is 11.6. The minimum absolute atomic E-state index is 0.0298. The molecule has 1 saturated carbocycles. The molecule has 23 heavy (non-hydrogen) atoms. The van der Waals surface area contributed by atoms with E-state index in [1.807, 2.05) is 0 Å². The molecule has 1 fully saturated rings. The summed E-state index contributed by atoms with van der Waals surface area (Å²) < 4.78 is 1.21. The van der Waals surface area contributed by atoms with E-state index in [0.717, 1.165) is 18.9 Å². The average molecular weight is 317 g/mol. The molecule has 9 heteroatoms. The Hall–Kier alpha value is -3.23. The zero-order chi connectivity index (χ0) is 16.7. The van der Waals surface area contributed by atoms with E-state index in [-0.39, 0.29) is 28.4 Å². The maximum absolute atomic E-state index is 11.2. The third kappa shape index (κ3) is 2.63. The van der Waals surface area contributed by atoms with Gasteiger partial charge in [0, 0.05) is 5.92 Å². The van der Waals surface area contributed by atoms with Crippen molar-refractivity contribution in [1.29, 1.82) is 0 Å². The molecule has 0 saturated heterocycles. The van der Waals surface area contributed by atoms with E-state index in [0.29, 0.717) is 5.69 Å². The molecule has 0 amide bonds. The van der Waals surface area contributed by atoms with Gasteiger partial charge in [-0.3, -0.25) is 0 Å². The smallest absolute Gasteiger partial charge is 0.358 e. The Morgan fingerprint density at radius 2 is 1.52 bits per heavy atom. The summed E-state index contributed by atoms with van der Waals surface area (Å²) in [5, 5.41) is 34.8. The van der Waals surface area contributed by atoms with Gasteiger partial charge >= 0.3 is 17.9 Å². The molecule has 1 aromatic heterocycles. The minimum Gasteiger partial charge on any atom is -0.478 e. The Bertz CT molecular complexity index is 805. The number of hydrogen-bond acceptors (Lipinski definition) is 5. The van der Waals surface area contributed by atoms with Crippen molar-refractivity contribution in [3.05, 3.63) is 40.7 Å². The summed E-state index contributed by atoms with van der Waals surface area (Å²) in [7, 11) is 0. The first-order valence-corrected chi connectivity index (χ1v) is 6.69. The third-order valence-electron chi connectivity index (χ3n) is 3.53. The van der Waals surface area contributed by atoms with E-state index >= 15 is 0 Å². The van der Waals surface area contributed by atoms with E-state index < -0.39 is 17.9 Å². The molecular formula is C14H11N3O6. The quantitative estimate of drug-likeness (QED) is 0.747. The van der Waals surface area contributed by atoms with Gasteiger partial charge in [0.1, 0.15) is 0 Å². The lowest BCUT2D eigenvalue weighted by molar-refractivity contribution is 0.0677. The number of carboxylic acid groups (broad SMARTS) is 3. The maximum atomic E-state index is 11.2. The number of carbonyl (C=O) groups is 3. The van der Waals surface area contributed by atoms with Crippen LogP contribution in [0.1, 0.15) is 55.7 Å². The number of carboxylic acids is 3.